The summed E-state index contributed by atoms with van der Waals surface area (Å²) < 4.78 is 24.6. The largest absolute Gasteiger partial charge is 0.352 e. The molecule has 0 unspecified atom stereocenters. The number of benzene rings is 1. The molecule has 1 aliphatic heterocycles. The van der Waals surface area contributed by atoms with Gasteiger partial charge in [-0.3, -0.25) is 0 Å². The summed E-state index contributed by atoms with van der Waals surface area (Å²) in [6.07, 6.45) is 3.63. The fourth-order valence-corrected chi connectivity index (χ4v) is 2.42. The fourth-order valence-electron chi connectivity index (χ4n) is 2.30. The van der Waals surface area contributed by atoms with Gasteiger partial charge in [0.2, 0.25) is 0 Å². The highest BCUT2D eigenvalue weighted by Gasteiger charge is 2.21. The van der Waals surface area contributed by atoms with Crippen LogP contribution in [0.15, 0.2) is 18.2 Å². The van der Waals surface area contributed by atoms with Crippen LogP contribution in [0.25, 0.3) is 0 Å². The standard InChI is InChI=1S/C15H20ClFO2/c1-2-3-12-9-18-15(19-10-12)7-5-11-4-6-13(16)14(17)8-11/h4,6,8,12,15H,2-3,5,7,9-10H2,1H3. The molecule has 0 atom stereocenters. The summed E-state index contributed by atoms with van der Waals surface area (Å²) in [7, 11) is 0. The molecule has 1 aromatic carbocycles. The maximum absolute atomic E-state index is 13.3. The van der Waals surface area contributed by atoms with Crippen molar-refractivity contribution in [3.63, 3.8) is 0 Å². The van der Waals surface area contributed by atoms with Crippen molar-refractivity contribution in [1.82, 2.24) is 0 Å². The van der Waals surface area contributed by atoms with Gasteiger partial charge in [-0.15, -0.1) is 0 Å². The highest BCUT2D eigenvalue weighted by atomic mass is 35.5. The van der Waals surface area contributed by atoms with Crippen molar-refractivity contribution in [3.8, 4) is 0 Å². The van der Waals surface area contributed by atoms with E-state index >= 15 is 0 Å². The Balaban J connectivity index is 1.75. The van der Waals surface area contributed by atoms with E-state index in [0.29, 0.717) is 5.92 Å². The molecule has 1 heterocycles. The molecule has 1 aliphatic rings. The Morgan fingerprint density at radius 1 is 1.26 bits per heavy atom. The minimum Gasteiger partial charge on any atom is -0.352 e. The van der Waals surface area contributed by atoms with Crippen LogP contribution < -0.4 is 0 Å². The minimum absolute atomic E-state index is 0.160. The molecule has 4 heteroatoms. The fraction of sp³-hybridized carbons (Fsp3) is 0.600. The molecule has 2 rings (SSSR count). The van der Waals surface area contributed by atoms with Crippen LogP contribution in [0.5, 0.6) is 0 Å². The molecule has 0 aliphatic carbocycles. The van der Waals surface area contributed by atoms with Crippen LogP contribution in [0, 0.1) is 11.7 Å². The third-order valence-corrected chi connectivity index (χ3v) is 3.69. The molecule has 0 bridgehead atoms. The lowest BCUT2D eigenvalue weighted by atomic mass is 10.0. The lowest BCUT2D eigenvalue weighted by molar-refractivity contribution is -0.203. The van der Waals surface area contributed by atoms with Crippen LogP contribution in [0.3, 0.4) is 0 Å². The summed E-state index contributed by atoms with van der Waals surface area (Å²) in [4.78, 5) is 0. The van der Waals surface area contributed by atoms with Gasteiger partial charge in [0.05, 0.1) is 18.2 Å². The lowest BCUT2D eigenvalue weighted by Crippen LogP contribution is -2.32. The molecule has 1 fully saturated rings. The predicted octanol–water partition coefficient (Wildman–Crippen LogP) is 4.20. The van der Waals surface area contributed by atoms with Crippen molar-refractivity contribution in [2.45, 2.75) is 38.9 Å². The molecule has 19 heavy (non-hydrogen) atoms. The van der Waals surface area contributed by atoms with E-state index in [1.54, 1.807) is 6.07 Å². The summed E-state index contributed by atoms with van der Waals surface area (Å²) in [6, 6.07) is 4.91. The highest BCUT2D eigenvalue weighted by Crippen LogP contribution is 2.21. The maximum atomic E-state index is 13.3. The molecule has 0 spiro atoms. The first kappa shape index (κ1) is 14.8. The van der Waals surface area contributed by atoms with Crippen molar-refractivity contribution in [2.24, 2.45) is 5.92 Å². The van der Waals surface area contributed by atoms with Crippen LogP contribution in [-0.2, 0) is 15.9 Å². The first-order valence-electron chi connectivity index (χ1n) is 6.86. The first-order valence-corrected chi connectivity index (χ1v) is 7.24. The number of hydrogen-bond acceptors (Lipinski definition) is 2. The van der Waals surface area contributed by atoms with Crippen molar-refractivity contribution < 1.29 is 13.9 Å². The zero-order valence-corrected chi connectivity index (χ0v) is 12.0. The van der Waals surface area contributed by atoms with Crippen molar-refractivity contribution >= 4 is 11.6 Å². The zero-order valence-electron chi connectivity index (χ0n) is 11.2. The summed E-state index contributed by atoms with van der Waals surface area (Å²) in [5, 5.41) is 0.163. The average molecular weight is 287 g/mol. The second-order valence-corrected chi connectivity index (χ2v) is 5.45. The summed E-state index contributed by atoms with van der Waals surface area (Å²) in [5.74, 6) is 0.155. The van der Waals surface area contributed by atoms with E-state index in [4.69, 9.17) is 21.1 Å². The van der Waals surface area contributed by atoms with Crippen LogP contribution in [0.2, 0.25) is 5.02 Å². The van der Waals surface area contributed by atoms with E-state index in [9.17, 15) is 4.39 Å². The molecule has 0 aromatic heterocycles. The number of rotatable bonds is 5. The molecule has 0 saturated carbocycles. The Labute approximate surface area is 118 Å². The van der Waals surface area contributed by atoms with Crippen LogP contribution >= 0.6 is 11.6 Å². The van der Waals surface area contributed by atoms with Gasteiger partial charge in [0.1, 0.15) is 5.82 Å². The second kappa shape index (κ2) is 7.22. The Hall–Kier alpha value is -0.640. The SMILES string of the molecule is CCCC1COC(CCc2ccc(Cl)c(F)c2)OC1. The van der Waals surface area contributed by atoms with E-state index < -0.39 is 0 Å². The second-order valence-electron chi connectivity index (χ2n) is 5.04. The molecule has 0 radical (unpaired) electrons. The Morgan fingerprint density at radius 2 is 2.00 bits per heavy atom. The minimum atomic E-state index is -0.368. The third kappa shape index (κ3) is 4.44. The molecule has 1 saturated heterocycles. The van der Waals surface area contributed by atoms with E-state index in [-0.39, 0.29) is 17.1 Å². The zero-order chi connectivity index (χ0) is 13.7. The lowest BCUT2D eigenvalue weighted by Gasteiger charge is -2.29. The van der Waals surface area contributed by atoms with Crippen LogP contribution in [-0.4, -0.2) is 19.5 Å². The number of halogens is 2. The Bertz CT molecular complexity index is 403. The monoisotopic (exact) mass is 286 g/mol. The van der Waals surface area contributed by atoms with E-state index in [1.165, 1.54) is 6.07 Å². The van der Waals surface area contributed by atoms with Gasteiger partial charge in [0.25, 0.3) is 0 Å². The molecule has 106 valence electrons. The van der Waals surface area contributed by atoms with E-state index in [0.717, 1.165) is 44.5 Å². The molecule has 1 aromatic rings. The molecule has 0 N–H and O–H groups in total. The van der Waals surface area contributed by atoms with Gasteiger partial charge >= 0.3 is 0 Å². The van der Waals surface area contributed by atoms with E-state index in [1.807, 2.05) is 6.07 Å². The van der Waals surface area contributed by atoms with Gasteiger partial charge in [0, 0.05) is 12.3 Å². The van der Waals surface area contributed by atoms with Crippen molar-refractivity contribution in [2.75, 3.05) is 13.2 Å². The van der Waals surface area contributed by atoms with Crippen molar-refractivity contribution in [1.29, 1.82) is 0 Å². The number of aryl methyl sites for hydroxylation is 1. The summed E-state index contributed by atoms with van der Waals surface area (Å²) >= 11 is 5.65. The molecule has 2 nitrogen and oxygen atoms in total. The molecular weight excluding hydrogens is 267 g/mol. The van der Waals surface area contributed by atoms with Crippen molar-refractivity contribution in [3.05, 3.63) is 34.6 Å². The molecular formula is C15H20ClFO2. The van der Waals surface area contributed by atoms with Gasteiger partial charge in [-0.2, -0.15) is 0 Å². The number of ether oxygens (including phenoxy) is 2. The molecule has 0 amide bonds. The highest BCUT2D eigenvalue weighted by molar-refractivity contribution is 6.30. The topological polar surface area (TPSA) is 18.5 Å². The van der Waals surface area contributed by atoms with E-state index in [2.05, 4.69) is 6.92 Å². The number of hydrogen-bond donors (Lipinski definition) is 0. The first-order chi connectivity index (χ1) is 9.19. The van der Waals surface area contributed by atoms with Gasteiger partial charge in [-0.05, 0) is 30.5 Å². The Kier molecular flexibility index (Phi) is 5.61. The third-order valence-electron chi connectivity index (χ3n) is 3.39. The van der Waals surface area contributed by atoms with Gasteiger partial charge in [-0.25, -0.2) is 4.39 Å². The predicted molar refractivity (Wildman–Crippen MR) is 73.8 cm³/mol. The average Bonchev–Trinajstić information content (AvgIpc) is 2.42. The van der Waals surface area contributed by atoms with Crippen LogP contribution in [0.4, 0.5) is 4.39 Å². The summed E-state index contributed by atoms with van der Waals surface area (Å²) in [6.45, 7) is 3.71. The quantitative estimate of drug-likeness (QED) is 0.807. The smallest absolute Gasteiger partial charge is 0.157 e. The Morgan fingerprint density at radius 3 is 2.63 bits per heavy atom. The van der Waals surface area contributed by atoms with Gasteiger partial charge in [-0.1, -0.05) is 31.0 Å². The maximum Gasteiger partial charge on any atom is 0.157 e. The summed E-state index contributed by atoms with van der Waals surface area (Å²) in [5.41, 5.74) is 0.921. The normalized spacial score (nSPS) is 23.5. The van der Waals surface area contributed by atoms with Gasteiger partial charge in [0.15, 0.2) is 6.29 Å². The van der Waals surface area contributed by atoms with Gasteiger partial charge < -0.3 is 9.47 Å². The van der Waals surface area contributed by atoms with Crippen LogP contribution in [0.1, 0.15) is 31.7 Å².